The molecule has 5 heteroatoms. The van der Waals surface area contributed by atoms with Gasteiger partial charge in [-0.05, 0) is 6.92 Å². The third-order valence-electron chi connectivity index (χ3n) is 2.57. The molecule has 2 nitrogen and oxygen atoms in total. The van der Waals surface area contributed by atoms with Crippen LogP contribution in [0.15, 0.2) is 0 Å². The van der Waals surface area contributed by atoms with Crippen LogP contribution in [-0.2, 0) is 9.26 Å². The Morgan fingerprint density at radius 1 is 1.92 bits per heavy atom. The largest absolute Gasteiger partial charge is 0.380 e. The monoisotopic (exact) mass is 207 g/mol. The van der Waals surface area contributed by atoms with Gasteiger partial charge in [0.1, 0.15) is 7.85 Å². The second kappa shape index (κ2) is 3.83. The third-order valence-corrected chi connectivity index (χ3v) is 3.30. The fourth-order valence-corrected chi connectivity index (χ4v) is 1.68. The molecule has 1 unspecified atom stereocenters. The van der Waals surface area contributed by atoms with E-state index < -0.39 is 10.9 Å². The lowest BCUT2D eigenvalue weighted by molar-refractivity contribution is 0.0420. The lowest BCUT2D eigenvalue weighted by Gasteiger charge is -2.24. The number of ether oxygens (including phenoxy) is 1. The highest BCUT2D eigenvalue weighted by atomic mass is 35.5. The van der Waals surface area contributed by atoms with Gasteiger partial charge in [0.25, 0.3) is 0 Å². The van der Waals surface area contributed by atoms with Crippen molar-refractivity contribution in [2.45, 2.75) is 30.8 Å². The fraction of sp³-hybridized carbons (Fsp3) is 1.00. The van der Waals surface area contributed by atoms with Gasteiger partial charge in [0, 0.05) is 21.3 Å². The smallest absolute Gasteiger partial charge is 0.111 e. The Morgan fingerprint density at radius 2 is 2.58 bits per heavy atom. The highest BCUT2D eigenvalue weighted by molar-refractivity contribution is 7.09. The van der Waals surface area contributed by atoms with Crippen LogP contribution in [0.25, 0.3) is 0 Å². The average Bonchev–Trinajstić information content (AvgIpc) is 2.26. The third kappa shape index (κ3) is 1.79. The first-order valence-corrected chi connectivity index (χ1v) is 4.67. The maximum atomic E-state index is 6.87. The van der Waals surface area contributed by atoms with Crippen LogP contribution < -0.4 is 0 Å². The van der Waals surface area contributed by atoms with E-state index in [1.807, 2.05) is 13.8 Å². The summed E-state index contributed by atoms with van der Waals surface area (Å²) in [5.41, 5.74) is 0. The van der Waals surface area contributed by atoms with Crippen molar-refractivity contribution in [1.82, 2.24) is 0 Å². The van der Waals surface area contributed by atoms with E-state index in [0.29, 0.717) is 6.61 Å². The molecule has 1 aliphatic heterocycles. The summed E-state index contributed by atoms with van der Waals surface area (Å²) in [7, 11) is 5.45. The molecule has 1 heterocycles. The van der Waals surface area contributed by atoms with Crippen molar-refractivity contribution in [3.63, 3.8) is 0 Å². The predicted molar refractivity (Wildman–Crippen MR) is 53.5 cm³/mol. The van der Waals surface area contributed by atoms with Gasteiger partial charge in [0.05, 0.1) is 18.9 Å². The summed E-state index contributed by atoms with van der Waals surface area (Å²) in [6.07, 6.45) is -0.0876. The fourth-order valence-electron chi connectivity index (χ4n) is 1.33. The Morgan fingerprint density at radius 3 is 3.00 bits per heavy atom. The van der Waals surface area contributed by atoms with E-state index in [4.69, 9.17) is 30.0 Å². The van der Waals surface area contributed by atoms with Crippen LogP contribution in [0.2, 0.25) is 0 Å². The molecule has 0 aromatic heterocycles. The minimum atomic E-state index is -0.529. The minimum absolute atomic E-state index is 0.0876. The molecule has 0 spiro atoms. The summed E-state index contributed by atoms with van der Waals surface area (Å²) in [4.78, 5) is -0.529. The van der Waals surface area contributed by atoms with Gasteiger partial charge in [-0.1, -0.05) is 6.92 Å². The van der Waals surface area contributed by atoms with Gasteiger partial charge in [-0.3, -0.25) is 0 Å². The highest BCUT2D eigenvalue weighted by Crippen LogP contribution is 2.40. The molecule has 1 rings (SSSR count). The van der Waals surface area contributed by atoms with Gasteiger partial charge in [0.15, 0.2) is 0 Å². The van der Waals surface area contributed by atoms with Crippen LogP contribution in [0, 0.1) is 5.92 Å². The van der Waals surface area contributed by atoms with Crippen LogP contribution >= 0.6 is 21.0 Å². The molecule has 0 saturated carbocycles. The molecule has 68 valence electrons. The summed E-state index contributed by atoms with van der Waals surface area (Å²) in [5, 5.41) is 0. The molecule has 1 aliphatic rings. The van der Waals surface area contributed by atoms with Gasteiger partial charge in [-0.25, -0.2) is 0 Å². The summed E-state index contributed by atoms with van der Waals surface area (Å²) in [5.74, 6) is 0.139. The Labute approximate surface area is 83.3 Å². The summed E-state index contributed by atoms with van der Waals surface area (Å²) < 4.78 is 17.3. The average molecular weight is 207 g/mol. The van der Waals surface area contributed by atoms with Crippen molar-refractivity contribution in [3.8, 4) is 0 Å². The zero-order chi connectivity index (χ0) is 10.1. The van der Waals surface area contributed by atoms with Crippen LogP contribution in [0.1, 0.15) is 13.8 Å². The Hall–Kier alpha value is 0.705. The summed E-state index contributed by atoms with van der Waals surface area (Å²) in [6, 6.07) is -0.452. The van der Waals surface area contributed by atoms with Crippen molar-refractivity contribution >= 4 is 28.9 Å². The van der Waals surface area contributed by atoms with Gasteiger partial charge >= 0.3 is 0 Å². The molecule has 0 amide bonds. The topological polar surface area (TPSA) is 18.5 Å². The first kappa shape index (κ1) is 9.27. The second-order valence-electron chi connectivity index (χ2n) is 3.35. The number of alkyl halides is 1. The first-order valence-electron chi connectivity index (χ1n) is 4.38. The molecule has 0 bridgehead atoms. The van der Waals surface area contributed by atoms with Crippen LogP contribution in [0.3, 0.4) is 0 Å². The molecule has 5 atom stereocenters. The Kier molecular flexibility index (Phi) is 2.96. The number of hydrogen-bond acceptors (Lipinski definition) is 2. The molecule has 0 aromatic rings. The SMILES string of the molecule is [2H]POC[C@H]1O[C@@H]([B])[C@](C)(Cl)[C@@H]1C. The zero-order valence-corrected chi connectivity index (χ0v) is 8.97. The lowest BCUT2D eigenvalue weighted by atomic mass is 9.81. The van der Waals surface area contributed by atoms with E-state index in [-0.39, 0.29) is 21.4 Å². The quantitative estimate of drug-likeness (QED) is 0.395. The van der Waals surface area contributed by atoms with E-state index in [1.54, 1.807) is 0 Å². The molecular formula is C7H13BClO2P. The van der Waals surface area contributed by atoms with Gasteiger partial charge in [-0.15, -0.1) is 11.6 Å². The summed E-state index contributed by atoms with van der Waals surface area (Å²) >= 11 is 6.19. The molecule has 1 saturated heterocycles. The molecule has 12 heavy (non-hydrogen) atoms. The van der Waals surface area contributed by atoms with Crippen molar-refractivity contribution in [2.24, 2.45) is 5.92 Å². The van der Waals surface area contributed by atoms with Crippen LogP contribution in [-0.4, -0.2) is 32.7 Å². The van der Waals surface area contributed by atoms with Gasteiger partial charge in [-0.2, -0.15) is 0 Å². The second-order valence-corrected chi connectivity index (χ2v) is 4.45. The first-order chi connectivity index (χ1) is 6.00. The molecule has 1 fully saturated rings. The molecule has 0 N–H and O–H groups in total. The van der Waals surface area contributed by atoms with Crippen molar-refractivity contribution in [1.29, 1.82) is 1.28 Å². The lowest BCUT2D eigenvalue weighted by Crippen LogP contribution is -2.34. The molecule has 2 radical (unpaired) electrons. The predicted octanol–water partition coefficient (Wildman–Crippen LogP) is 1.32. The highest BCUT2D eigenvalue weighted by Gasteiger charge is 2.47. The van der Waals surface area contributed by atoms with E-state index in [9.17, 15) is 0 Å². The van der Waals surface area contributed by atoms with E-state index >= 15 is 0 Å². The van der Waals surface area contributed by atoms with Crippen molar-refractivity contribution in [3.05, 3.63) is 0 Å². The Balaban J connectivity index is 2.52. The molecule has 0 aromatic carbocycles. The zero-order valence-electron chi connectivity index (χ0n) is 8.21. The Bertz CT molecular complexity index is 184. The van der Waals surface area contributed by atoms with Crippen LogP contribution in [0.4, 0.5) is 0 Å². The summed E-state index contributed by atoms with van der Waals surface area (Å²) in [6.45, 7) is 4.26. The molecule has 0 aliphatic carbocycles. The normalized spacial score (nSPS) is 50.2. The maximum absolute atomic E-state index is 6.87. The van der Waals surface area contributed by atoms with Crippen LogP contribution in [0.5, 0.6) is 0 Å². The number of rotatable bonds is 3. The standard InChI is InChI=1S/C7H13BClO2P/c1-4-5(3-10-12)11-6(8)7(4,2)9/h4-6H,3,12H2,1-2H3/t4-,5-,6-,7-/m1/s1/i12D/t4-,5-,6-,7-,12?. The number of halogens is 1. The number of hydrogen-bond donors (Lipinski definition) is 0. The minimum Gasteiger partial charge on any atom is -0.380 e. The van der Waals surface area contributed by atoms with Gasteiger partial charge in [0.2, 0.25) is 0 Å². The molecular weight excluding hydrogens is 193 g/mol. The maximum Gasteiger partial charge on any atom is 0.111 e. The van der Waals surface area contributed by atoms with E-state index in [1.165, 1.54) is 0 Å². The van der Waals surface area contributed by atoms with Crippen molar-refractivity contribution < 1.29 is 9.26 Å². The van der Waals surface area contributed by atoms with Crippen molar-refractivity contribution in [2.75, 3.05) is 6.61 Å². The van der Waals surface area contributed by atoms with E-state index in [0.717, 1.165) is 0 Å². The van der Waals surface area contributed by atoms with E-state index in [2.05, 4.69) is 0 Å². The van der Waals surface area contributed by atoms with Gasteiger partial charge < -0.3 is 9.26 Å².